The summed E-state index contributed by atoms with van der Waals surface area (Å²) in [5.74, 6) is -0.360. The number of hydrogen-bond donors (Lipinski definition) is 0. The fraction of sp³-hybridized carbons (Fsp3) is 0.562. The number of halogens is 1. The summed E-state index contributed by atoms with van der Waals surface area (Å²) in [7, 11) is 0. The molecule has 4 heteroatoms. The van der Waals surface area contributed by atoms with Crippen LogP contribution in [0.15, 0.2) is 18.2 Å². The summed E-state index contributed by atoms with van der Waals surface area (Å²) in [5, 5.41) is 8.87. The van der Waals surface area contributed by atoms with Gasteiger partial charge in [0, 0.05) is 31.2 Å². The second-order valence-corrected chi connectivity index (χ2v) is 5.29. The van der Waals surface area contributed by atoms with Gasteiger partial charge in [0.2, 0.25) is 0 Å². The molecule has 1 aromatic rings. The van der Waals surface area contributed by atoms with Crippen LogP contribution in [0.25, 0.3) is 0 Å². The molecule has 1 fully saturated rings. The molecule has 0 spiro atoms. The first kappa shape index (κ1) is 15.0. The zero-order valence-corrected chi connectivity index (χ0v) is 12.3. The van der Waals surface area contributed by atoms with E-state index < -0.39 is 0 Å². The number of likely N-dealkylation sites (N-methyl/N-ethyl adjacent to an activating group) is 1. The Labute approximate surface area is 120 Å². The van der Waals surface area contributed by atoms with Gasteiger partial charge in [0.25, 0.3) is 0 Å². The molecule has 20 heavy (non-hydrogen) atoms. The standard InChI is InChI=1S/C16H22FN3/c1-3-20(4-2)15-8-9-19(12-15)11-14-7-5-6-13(10-18)16(14)17/h5-7,15H,3-4,8-9,11-12H2,1-2H3. The zero-order valence-electron chi connectivity index (χ0n) is 12.3. The fourth-order valence-electron chi connectivity index (χ4n) is 3.02. The van der Waals surface area contributed by atoms with E-state index in [1.807, 2.05) is 6.07 Å². The van der Waals surface area contributed by atoms with Gasteiger partial charge in [-0.15, -0.1) is 0 Å². The Bertz CT molecular complexity index is 491. The summed E-state index contributed by atoms with van der Waals surface area (Å²) in [5.41, 5.74) is 0.770. The van der Waals surface area contributed by atoms with Crippen LogP contribution in [-0.4, -0.2) is 42.0 Å². The van der Waals surface area contributed by atoms with E-state index in [2.05, 4.69) is 23.6 Å². The van der Waals surface area contributed by atoms with Crippen molar-refractivity contribution in [2.24, 2.45) is 0 Å². The third-order valence-electron chi connectivity index (χ3n) is 4.17. The van der Waals surface area contributed by atoms with Crippen LogP contribution >= 0.6 is 0 Å². The van der Waals surface area contributed by atoms with E-state index in [1.165, 1.54) is 6.07 Å². The molecule has 1 aliphatic heterocycles. The van der Waals surface area contributed by atoms with Gasteiger partial charge in [0.15, 0.2) is 0 Å². The van der Waals surface area contributed by atoms with Gasteiger partial charge in [-0.05, 0) is 25.6 Å². The first-order valence-corrected chi connectivity index (χ1v) is 7.33. The molecule has 1 unspecified atom stereocenters. The zero-order chi connectivity index (χ0) is 14.5. The molecule has 0 radical (unpaired) electrons. The number of benzene rings is 1. The average molecular weight is 275 g/mol. The Balaban J connectivity index is 2.01. The van der Waals surface area contributed by atoms with Gasteiger partial charge < -0.3 is 0 Å². The van der Waals surface area contributed by atoms with Gasteiger partial charge in [-0.1, -0.05) is 26.0 Å². The average Bonchev–Trinajstić information content (AvgIpc) is 2.91. The summed E-state index contributed by atoms with van der Waals surface area (Å²) in [4.78, 5) is 4.74. The molecule has 108 valence electrons. The summed E-state index contributed by atoms with van der Waals surface area (Å²) in [6.45, 7) is 9.07. The summed E-state index contributed by atoms with van der Waals surface area (Å²) >= 11 is 0. The molecule has 1 heterocycles. The van der Waals surface area contributed by atoms with Gasteiger partial charge in [0.05, 0.1) is 5.56 Å². The Morgan fingerprint density at radius 1 is 1.40 bits per heavy atom. The summed E-state index contributed by atoms with van der Waals surface area (Å²) < 4.78 is 14.1. The molecule has 0 saturated carbocycles. The molecule has 0 aliphatic carbocycles. The molecule has 3 nitrogen and oxygen atoms in total. The fourth-order valence-corrected chi connectivity index (χ4v) is 3.02. The molecule has 1 aliphatic rings. The lowest BCUT2D eigenvalue weighted by molar-refractivity contribution is 0.208. The minimum absolute atomic E-state index is 0.141. The van der Waals surface area contributed by atoms with E-state index >= 15 is 0 Å². The van der Waals surface area contributed by atoms with Gasteiger partial charge >= 0.3 is 0 Å². The number of nitriles is 1. The maximum Gasteiger partial charge on any atom is 0.145 e. The molecular formula is C16H22FN3. The van der Waals surface area contributed by atoms with E-state index in [0.29, 0.717) is 18.2 Å². The predicted molar refractivity (Wildman–Crippen MR) is 77.7 cm³/mol. The van der Waals surface area contributed by atoms with E-state index in [9.17, 15) is 4.39 Å². The van der Waals surface area contributed by atoms with Crippen molar-refractivity contribution in [3.8, 4) is 6.07 Å². The van der Waals surface area contributed by atoms with Crippen molar-refractivity contribution >= 4 is 0 Å². The highest BCUT2D eigenvalue weighted by molar-refractivity contribution is 5.34. The van der Waals surface area contributed by atoms with E-state index in [1.54, 1.807) is 12.1 Å². The van der Waals surface area contributed by atoms with Crippen molar-refractivity contribution in [1.82, 2.24) is 9.80 Å². The maximum atomic E-state index is 14.1. The Kier molecular flexibility index (Phi) is 5.11. The van der Waals surface area contributed by atoms with Crippen molar-refractivity contribution < 1.29 is 4.39 Å². The lowest BCUT2D eigenvalue weighted by Crippen LogP contribution is -2.37. The molecule has 1 aromatic carbocycles. The van der Waals surface area contributed by atoms with Crippen LogP contribution < -0.4 is 0 Å². The lowest BCUT2D eigenvalue weighted by atomic mass is 10.1. The van der Waals surface area contributed by atoms with Crippen molar-refractivity contribution in [1.29, 1.82) is 5.26 Å². The minimum atomic E-state index is -0.360. The van der Waals surface area contributed by atoms with E-state index in [-0.39, 0.29) is 11.4 Å². The van der Waals surface area contributed by atoms with Crippen LogP contribution in [0, 0.1) is 17.1 Å². The molecule has 2 rings (SSSR count). The third-order valence-corrected chi connectivity index (χ3v) is 4.17. The quantitative estimate of drug-likeness (QED) is 0.827. The topological polar surface area (TPSA) is 30.3 Å². The number of nitrogens with zero attached hydrogens (tertiary/aromatic N) is 3. The molecule has 1 atom stereocenters. The van der Waals surface area contributed by atoms with Crippen LogP contribution in [0.3, 0.4) is 0 Å². The van der Waals surface area contributed by atoms with Crippen molar-refractivity contribution in [3.05, 3.63) is 35.1 Å². The van der Waals surface area contributed by atoms with Crippen molar-refractivity contribution in [3.63, 3.8) is 0 Å². The van der Waals surface area contributed by atoms with E-state index in [4.69, 9.17) is 5.26 Å². The lowest BCUT2D eigenvalue weighted by Gasteiger charge is -2.26. The third kappa shape index (κ3) is 3.17. The Morgan fingerprint density at radius 2 is 2.15 bits per heavy atom. The Hall–Kier alpha value is -1.44. The first-order chi connectivity index (χ1) is 9.69. The van der Waals surface area contributed by atoms with Crippen LogP contribution in [0.5, 0.6) is 0 Å². The highest BCUT2D eigenvalue weighted by Gasteiger charge is 2.26. The maximum absolute atomic E-state index is 14.1. The number of hydrogen-bond acceptors (Lipinski definition) is 3. The summed E-state index contributed by atoms with van der Waals surface area (Å²) in [6, 6.07) is 7.55. The number of likely N-dealkylation sites (tertiary alicyclic amines) is 1. The molecule has 0 amide bonds. The van der Waals surface area contributed by atoms with Gasteiger partial charge in [-0.3, -0.25) is 9.80 Å². The minimum Gasteiger partial charge on any atom is -0.300 e. The Morgan fingerprint density at radius 3 is 2.80 bits per heavy atom. The SMILES string of the molecule is CCN(CC)C1CCN(Cc2cccc(C#N)c2F)C1. The first-order valence-electron chi connectivity index (χ1n) is 7.33. The molecule has 0 N–H and O–H groups in total. The highest BCUT2D eigenvalue weighted by atomic mass is 19.1. The monoisotopic (exact) mass is 275 g/mol. The van der Waals surface area contributed by atoms with Crippen LogP contribution in [0.1, 0.15) is 31.4 Å². The second-order valence-electron chi connectivity index (χ2n) is 5.29. The molecule has 0 bridgehead atoms. The van der Waals surface area contributed by atoms with Crippen LogP contribution in [-0.2, 0) is 6.54 Å². The predicted octanol–water partition coefficient (Wildman–Crippen LogP) is 2.61. The normalized spacial score (nSPS) is 19.4. The number of rotatable bonds is 5. The van der Waals surface area contributed by atoms with Crippen molar-refractivity contribution in [2.75, 3.05) is 26.2 Å². The largest absolute Gasteiger partial charge is 0.300 e. The molecular weight excluding hydrogens is 253 g/mol. The van der Waals surface area contributed by atoms with Crippen molar-refractivity contribution in [2.45, 2.75) is 32.9 Å². The van der Waals surface area contributed by atoms with Gasteiger partial charge in [-0.2, -0.15) is 5.26 Å². The van der Waals surface area contributed by atoms with E-state index in [0.717, 1.165) is 32.6 Å². The smallest absolute Gasteiger partial charge is 0.145 e. The molecule has 0 aromatic heterocycles. The summed E-state index contributed by atoms with van der Waals surface area (Å²) in [6.07, 6.45) is 1.14. The van der Waals surface area contributed by atoms with Crippen LogP contribution in [0.2, 0.25) is 0 Å². The highest BCUT2D eigenvalue weighted by Crippen LogP contribution is 2.20. The second kappa shape index (κ2) is 6.83. The van der Waals surface area contributed by atoms with Gasteiger partial charge in [0.1, 0.15) is 11.9 Å². The van der Waals surface area contributed by atoms with Crippen LogP contribution in [0.4, 0.5) is 4.39 Å². The molecule has 1 saturated heterocycles. The van der Waals surface area contributed by atoms with Gasteiger partial charge in [-0.25, -0.2) is 4.39 Å².